The van der Waals surface area contributed by atoms with Gasteiger partial charge in [0.05, 0.1) is 0 Å². The van der Waals surface area contributed by atoms with Crippen LogP contribution in [0.3, 0.4) is 0 Å². The molecule has 4 rings (SSSR count). The summed E-state index contributed by atoms with van der Waals surface area (Å²) in [6, 6.07) is 6.54. The second-order valence-corrected chi connectivity index (χ2v) is 4.83. The van der Waals surface area contributed by atoms with E-state index in [1.807, 2.05) is 25.1 Å². The van der Waals surface area contributed by atoms with Crippen molar-refractivity contribution in [2.45, 2.75) is 25.7 Å². The van der Waals surface area contributed by atoms with Gasteiger partial charge in [-0.3, -0.25) is 5.32 Å². The van der Waals surface area contributed by atoms with Crippen LogP contribution in [0.5, 0.6) is 0 Å². The maximum atomic E-state index is 5.59. The predicted octanol–water partition coefficient (Wildman–Crippen LogP) is 3.14. The topological polar surface area (TPSA) is 77.0 Å². The molecule has 0 aliphatic heterocycles. The van der Waals surface area contributed by atoms with Crippen molar-refractivity contribution in [1.29, 1.82) is 0 Å². The maximum absolute atomic E-state index is 5.59. The molecule has 0 atom stereocenters. The molecule has 19 heavy (non-hydrogen) atoms. The fourth-order valence-corrected chi connectivity index (χ4v) is 1.96. The van der Waals surface area contributed by atoms with Crippen molar-refractivity contribution in [3.05, 3.63) is 29.7 Å². The molecule has 6 heteroatoms. The number of nitrogens with one attached hydrogen (secondary N) is 1. The van der Waals surface area contributed by atoms with Crippen LogP contribution in [0.4, 0.5) is 12.0 Å². The molecule has 1 aliphatic rings. The minimum absolute atomic E-state index is 0.324. The van der Waals surface area contributed by atoms with Crippen molar-refractivity contribution in [2.75, 3.05) is 5.32 Å². The standard InChI is InChI=1S/C13H12N4O2/c1-7-2-5-9-10(6-7)18-12(14-9)15-13-17-16-11(19-13)8-3-4-8/h2,5-6,8H,3-4H2,1H3,(H,14,15,17). The molecule has 6 nitrogen and oxygen atoms in total. The molecule has 1 fully saturated rings. The van der Waals surface area contributed by atoms with Gasteiger partial charge in [-0.1, -0.05) is 11.2 Å². The van der Waals surface area contributed by atoms with E-state index >= 15 is 0 Å². The van der Waals surface area contributed by atoms with Crippen molar-refractivity contribution in [3.63, 3.8) is 0 Å². The molecule has 3 aromatic rings. The van der Waals surface area contributed by atoms with Crippen molar-refractivity contribution in [2.24, 2.45) is 0 Å². The average molecular weight is 256 g/mol. The number of benzene rings is 1. The summed E-state index contributed by atoms with van der Waals surface area (Å²) >= 11 is 0. The molecule has 0 spiro atoms. The van der Waals surface area contributed by atoms with Crippen LogP contribution >= 0.6 is 0 Å². The first kappa shape index (κ1) is 10.5. The van der Waals surface area contributed by atoms with E-state index in [2.05, 4.69) is 20.5 Å². The van der Waals surface area contributed by atoms with Crippen molar-refractivity contribution in [1.82, 2.24) is 15.2 Å². The quantitative estimate of drug-likeness (QED) is 0.775. The Kier molecular flexibility index (Phi) is 2.11. The first-order valence-electron chi connectivity index (χ1n) is 6.25. The van der Waals surface area contributed by atoms with E-state index in [0.717, 1.165) is 29.5 Å². The molecule has 0 saturated heterocycles. The molecule has 1 aromatic carbocycles. The van der Waals surface area contributed by atoms with Gasteiger partial charge in [-0.25, -0.2) is 0 Å². The number of fused-ring (bicyclic) bond motifs is 1. The zero-order chi connectivity index (χ0) is 12.8. The van der Waals surface area contributed by atoms with Crippen LogP contribution in [0.25, 0.3) is 11.1 Å². The number of hydrogen-bond acceptors (Lipinski definition) is 6. The van der Waals surface area contributed by atoms with Gasteiger partial charge in [0.1, 0.15) is 5.52 Å². The van der Waals surface area contributed by atoms with Crippen LogP contribution in [-0.4, -0.2) is 15.2 Å². The zero-order valence-electron chi connectivity index (χ0n) is 10.4. The molecule has 0 bridgehead atoms. The Morgan fingerprint density at radius 2 is 2.05 bits per heavy atom. The number of rotatable bonds is 3. The molecule has 0 unspecified atom stereocenters. The molecule has 0 radical (unpaired) electrons. The van der Waals surface area contributed by atoms with Gasteiger partial charge in [0.25, 0.3) is 0 Å². The molecule has 96 valence electrons. The maximum Gasteiger partial charge on any atom is 0.323 e. The van der Waals surface area contributed by atoms with E-state index in [4.69, 9.17) is 8.83 Å². The van der Waals surface area contributed by atoms with Crippen LogP contribution in [-0.2, 0) is 0 Å². The van der Waals surface area contributed by atoms with Crippen LogP contribution < -0.4 is 5.32 Å². The largest absolute Gasteiger partial charge is 0.423 e. The van der Waals surface area contributed by atoms with E-state index in [-0.39, 0.29) is 0 Å². The highest BCUT2D eigenvalue weighted by atomic mass is 16.4. The highest BCUT2D eigenvalue weighted by Crippen LogP contribution is 2.39. The Labute approximate surface area is 108 Å². The van der Waals surface area contributed by atoms with Gasteiger partial charge in [-0.15, -0.1) is 5.10 Å². The van der Waals surface area contributed by atoms with E-state index in [0.29, 0.717) is 23.8 Å². The van der Waals surface area contributed by atoms with Crippen molar-refractivity contribution >= 4 is 23.1 Å². The summed E-state index contributed by atoms with van der Waals surface area (Å²) < 4.78 is 11.1. The number of nitrogens with zero attached hydrogens (tertiary/aromatic N) is 3. The SMILES string of the molecule is Cc1ccc2nc(Nc3nnc(C4CC4)o3)oc2c1. The number of hydrogen-bond donors (Lipinski definition) is 1. The highest BCUT2D eigenvalue weighted by Gasteiger charge is 2.29. The second-order valence-electron chi connectivity index (χ2n) is 4.83. The van der Waals surface area contributed by atoms with Crippen LogP contribution in [0, 0.1) is 6.92 Å². The van der Waals surface area contributed by atoms with Crippen LogP contribution in [0.2, 0.25) is 0 Å². The lowest BCUT2D eigenvalue weighted by molar-refractivity contribution is 0.506. The molecule has 2 heterocycles. The monoisotopic (exact) mass is 256 g/mol. The van der Waals surface area contributed by atoms with Crippen molar-refractivity contribution < 1.29 is 8.83 Å². The Balaban J connectivity index is 1.62. The molecule has 1 N–H and O–H groups in total. The van der Waals surface area contributed by atoms with E-state index in [1.165, 1.54) is 0 Å². The van der Waals surface area contributed by atoms with Gasteiger partial charge in [0.2, 0.25) is 5.89 Å². The lowest BCUT2D eigenvalue weighted by Crippen LogP contribution is -1.89. The third kappa shape index (κ3) is 1.95. The second kappa shape index (κ2) is 3.81. The highest BCUT2D eigenvalue weighted by molar-refractivity contribution is 5.75. The minimum atomic E-state index is 0.324. The third-order valence-electron chi connectivity index (χ3n) is 3.13. The summed E-state index contributed by atoms with van der Waals surface area (Å²) in [6.45, 7) is 2.01. The first-order chi connectivity index (χ1) is 9.28. The lowest BCUT2D eigenvalue weighted by atomic mass is 10.2. The fourth-order valence-electron chi connectivity index (χ4n) is 1.96. The van der Waals surface area contributed by atoms with Gasteiger partial charge in [0.15, 0.2) is 5.58 Å². The smallest absolute Gasteiger partial charge is 0.323 e. The van der Waals surface area contributed by atoms with E-state index in [1.54, 1.807) is 0 Å². The molecular formula is C13H12N4O2. The number of aromatic nitrogens is 3. The summed E-state index contributed by atoms with van der Waals surface area (Å²) in [7, 11) is 0. The predicted molar refractivity (Wildman–Crippen MR) is 68.3 cm³/mol. The Bertz CT molecular complexity index is 742. The summed E-state index contributed by atoms with van der Waals surface area (Å²) in [6.07, 6.45) is 2.26. The molecule has 2 aromatic heterocycles. The summed E-state index contributed by atoms with van der Waals surface area (Å²) in [4.78, 5) is 4.31. The van der Waals surface area contributed by atoms with Crippen LogP contribution in [0.15, 0.2) is 27.0 Å². The molecular weight excluding hydrogens is 244 g/mol. The first-order valence-corrected chi connectivity index (χ1v) is 6.25. The van der Waals surface area contributed by atoms with E-state index < -0.39 is 0 Å². The molecule has 0 amide bonds. The summed E-state index contributed by atoms with van der Waals surface area (Å²) in [5, 5.41) is 10.8. The third-order valence-corrected chi connectivity index (χ3v) is 3.13. The number of anilines is 2. The normalized spacial score (nSPS) is 15.0. The van der Waals surface area contributed by atoms with Gasteiger partial charge in [-0.2, -0.15) is 4.98 Å². The van der Waals surface area contributed by atoms with Gasteiger partial charge in [-0.05, 0) is 37.5 Å². The minimum Gasteiger partial charge on any atom is -0.423 e. The van der Waals surface area contributed by atoms with Crippen LogP contribution in [0.1, 0.15) is 30.2 Å². The fraction of sp³-hybridized carbons (Fsp3) is 0.308. The van der Waals surface area contributed by atoms with Crippen molar-refractivity contribution in [3.8, 4) is 0 Å². The lowest BCUT2D eigenvalue weighted by Gasteiger charge is -1.92. The summed E-state index contributed by atoms with van der Waals surface area (Å²) in [5.74, 6) is 1.13. The summed E-state index contributed by atoms with van der Waals surface area (Å²) in [5.41, 5.74) is 2.67. The average Bonchev–Trinajstić information content (AvgIpc) is 3.01. The number of aryl methyl sites for hydroxylation is 1. The Morgan fingerprint density at radius 3 is 2.89 bits per heavy atom. The Hall–Kier alpha value is -2.37. The van der Waals surface area contributed by atoms with Gasteiger partial charge < -0.3 is 8.83 Å². The van der Waals surface area contributed by atoms with Gasteiger partial charge in [0, 0.05) is 5.92 Å². The Morgan fingerprint density at radius 1 is 1.16 bits per heavy atom. The zero-order valence-corrected chi connectivity index (χ0v) is 10.4. The number of oxazole rings is 1. The van der Waals surface area contributed by atoms with E-state index in [9.17, 15) is 0 Å². The molecule has 1 aliphatic carbocycles. The van der Waals surface area contributed by atoms with Gasteiger partial charge >= 0.3 is 12.0 Å². The molecule has 1 saturated carbocycles.